The van der Waals surface area contributed by atoms with E-state index in [1.807, 2.05) is 0 Å². The molecule has 1 atom stereocenters. The molecule has 4 nitrogen and oxygen atoms in total. The maximum absolute atomic E-state index is 5.17. The largest absolute Gasteiger partial charge is 0.270 e. The quantitative estimate of drug-likeness (QED) is 0.341. The van der Waals surface area contributed by atoms with E-state index < -0.39 is 0 Å². The molecule has 1 aromatic heterocycles. The Bertz CT molecular complexity index is 251. The Morgan fingerprint density at radius 3 is 2.91 bits per heavy atom. The van der Waals surface area contributed by atoms with E-state index >= 15 is 0 Å². The van der Waals surface area contributed by atoms with Crippen molar-refractivity contribution in [3.05, 3.63) is 24.0 Å². The number of nitrogens with one attached hydrogen (secondary N) is 1. The normalized spacial score (nSPS) is 12.0. The number of aromatic nitrogens is 2. The highest BCUT2D eigenvalue weighted by Crippen LogP contribution is 2.06. The molecule has 0 bridgehead atoms. The molecule has 1 aromatic rings. The molecule has 3 N–H and O–H groups in total. The van der Waals surface area contributed by atoms with Crippen molar-refractivity contribution in [3.8, 4) is 12.3 Å². The van der Waals surface area contributed by atoms with Gasteiger partial charge in [0.25, 0.3) is 0 Å². The second kappa shape index (κ2) is 3.66. The van der Waals surface area contributed by atoms with Gasteiger partial charge >= 0.3 is 0 Å². The summed E-state index contributed by atoms with van der Waals surface area (Å²) in [4.78, 5) is 0. The van der Waals surface area contributed by atoms with E-state index in [4.69, 9.17) is 12.3 Å². The lowest BCUT2D eigenvalue weighted by atomic mass is 10.1. The third-order valence-corrected chi connectivity index (χ3v) is 1.27. The molecule has 0 amide bonds. The van der Waals surface area contributed by atoms with Gasteiger partial charge in [0.1, 0.15) is 6.04 Å². The third kappa shape index (κ3) is 1.74. The van der Waals surface area contributed by atoms with Crippen molar-refractivity contribution in [2.45, 2.75) is 6.04 Å². The maximum atomic E-state index is 5.17. The Morgan fingerprint density at radius 2 is 2.45 bits per heavy atom. The third-order valence-electron chi connectivity index (χ3n) is 1.27. The minimum absolute atomic E-state index is 0.287. The highest BCUT2D eigenvalue weighted by molar-refractivity contribution is 5.20. The average molecular weight is 148 g/mol. The van der Waals surface area contributed by atoms with Gasteiger partial charge in [-0.1, -0.05) is 5.92 Å². The van der Waals surface area contributed by atoms with Crippen LogP contribution in [-0.2, 0) is 0 Å². The monoisotopic (exact) mass is 148 g/mol. The van der Waals surface area contributed by atoms with Gasteiger partial charge in [0, 0.05) is 11.8 Å². The fourth-order valence-corrected chi connectivity index (χ4v) is 0.712. The molecule has 0 saturated heterocycles. The van der Waals surface area contributed by atoms with Crippen LogP contribution in [0.1, 0.15) is 11.6 Å². The molecule has 1 heterocycles. The molecule has 0 spiro atoms. The van der Waals surface area contributed by atoms with Crippen LogP contribution in [0.2, 0.25) is 0 Å². The van der Waals surface area contributed by atoms with Crippen molar-refractivity contribution >= 4 is 0 Å². The van der Waals surface area contributed by atoms with Crippen LogP contribution in [0.4, 0.5) is 0 Å². The van der Waals surface area contributed by atoms with Gasteiger partial charge in [0.2, 0.25) is 0 Å². The Kier molecular flexibility index (Phi) is 2.55. The zero-order valence-electron chi connectivity index (χ0n) is 5.86. The first-order chi connectivity index (χ1) is 5.38. The summed E-state index contributed by atoms with van der Waals surface area (Å²) in [5.41, 5.74) is 3.30. The second-order valence-corrected chi connectivity index (χ2v) is 1.94. The minimum Gasteiger partial charge on any atom is -0.270 e. The standard InChI is InChI=1S/C7H8N4/c1-2-7(11-8)6-3-4-9-10-5-6/h1,3-5,7,11H,8H2. The van der Waals surface area contributed by atoms with Gasteiger partial charge in [-0.3, -0.25) is 5.84 Å². The molecule has 0 radical (unpaired) electrons. The van der Waals surface area contributed by atoms with Crippen molar-refractivity contribution < 1.29 is 0 Å². The molecule has 4 heteroatoms. The van der Waals surface area contributed by atoms with Crippen LogP contribution in [-0.4, -0.2) is 10.2 Å². The molecule has 1 rings (SSSR count). The fourth-order valence-electron chi connectivity index (χ4n) is 0.712. The Morgan fingerprint density at radius 1 is 1.64 bits per heavy atom. The predicted molar refractivity (Wildman–Crippen MR) is 40.9 cm³/mol. The van der Waals surface area contributed by atoms with Crippen molar-refractivity contribution in [2.24, 2.45) is 5.84 Å². The zero-order chi connectivity index (χ0) is 8.10. The van der Waals surface area contributed by atoms with E-state index in [0.29, 0.717) is 0 Å². The van der Waals surface area contributed by atoms with Gasteiger partial charge in [-0.25, -0.2) is 5.43 Å². The molecule has 1 unspecified atom stereocenters. The van der Waals surface area contributed by atoms with Crippen LogP contribution in [0.15, 0.2) is 18.5 Å². The highest BCUT2D eigenvalue weighted by atomic mass is 15.2. The molecule has 11 heavy (non-hydrogen) atoms. The van der Waals surface area contributed by atoms with Crippen LogP contribution in [0.3, 0.4) is 0 Å². The lowest BCUT2D eigenvalue weighted by Crippen LogP contribution is -2.26. The van der Waals surface area contributed by atoms with Gasteiger partial charge in [0.05, 0.1) is 6.20 Å². The topological polar surface area (TPSA) is 63.8 Å². The first-order valence-electron chi connectivity index (χ1n) is 3.07. The smallest absolute Gasteiger partial charge is 0.108 e. The van der Waals surface area contributed by atoms with Gasteiger partial charge in [-0.15, -0.1) is 6.42 Å². The number of hydrogen-bond donors (Lipinski definition) is 2. The summed E-state index contributed by atoms with van der Waals surface area (Å²) in [6.45, 7) is 0. The Balaban J connectivity index is 2.85. The van der Waals surface area contributed by atoms with Crippen molar-refractivity contribution in [2.75, 3.05) is 0 Å². The highest BCUT2D eigenvalue weighted by Gasteiger charge is 2.03. The predicted octanol–water partition coefficient (Wildman–Crippen LogP) is -0.386. The summed E-state index contributed by atoms with van der Waals surface area (Å²) >= 11 is 0. The first kappa shape index (κ1) is 7.66. The summed E-state index contributed by atoms with van der Waals surface area (Å²) in [6, 6.07) is 1.47. The number of terminal acetylenes is 1. The molecular weight excluding hydrogens is 140 g/mol. The van der Waals surface area contributed by atoms with E-state index in [0.717, 1.165) is 5.56 Å². The van der Waals surface area contributed by atoms with Crippen LogP contribution in [0, 0.1) is 12.3 Å². The summed E-state index contributed by atoms with van der Waals surface area (Å²) in [5, 5.41) is 7.27. The van der Waals surface area contributed by atoms with Crippen LogP contribution in [0.25, 0.3) is 0 Å². The van der Waals surface area contributed by atoms with Gasteiger partial charge in [0.15, 0.2) is 0 Å². The van der Waals surface area contributed by atoms with E-state index in [-0.39, 0.29) is 6.04 Å². The Hall–Kier alpha value is -1.44. The molecule has 0 aliphatic carbocycles. The molecule has 0 aliphatic heterocycles. The van der Waals surface area contributed by atoms with Crippen molar-refractivity contribution in [1.29, 1.82) is 0 Å². The van der Waals surface area contributed by atoms with Gasteiger partial charge in [-0.05, 0) is 6.07 Å². The van der Waals surface area contributed by atoms with E-state index in [9.17, 15) is 0 Å². The van der Waals surface area contributed by atoms with Gasteiger partial charge < -0.3 is 0 Å². The van der Waals surface area contributed by atoms with Gasteiger partial charge in [-0.2, -0.15) is 10.2 Å². The van der Waals surface area contributed by atoms with Crippen LogP contribution < -0.4 is 11.3 Å². The SMILES string of the molecule is C#CC(NN)c1ccnnc1. The van der Waals surface area contributed by atoms with Crippen molar-refractivity contribution in [3.63, 3.8) is 0 Å². The maximum Gasteiger partial charge on any atom is 0.108 e. The molecule has 0 aromatic carbocycles. The number of rotatable bonds is 2. The molecule has 0 saturated carbocycles. The number of nitrogens with zero attached hydrogens (tertiary/aromatic N) is 2. The molecule has 56 valence electrons. The number of hydrogen-bond acceptors (Lipinski definition) is 4. The summed E-state index contributed by atoms with van der Waals surface area (Å²) in [7, 11) is 0. The number of hydrazine groups is 1. The van der Waals surface area contributed by atoms with E-state index in [1.54, 1.807) is 18.5 Å². The van der Waals surface area contributed by atoms with Crippen LogP contribution >= 0.6 is 0 Å². The molecule has 0 aliphatic rings. The van der Waals surface area contributed by atoms with Crippen LogP contribution in [0.5, 0.6) is 0 Å². The minimum atomic E-state index is -0.287. The zero-order valence-corrected chi connectivity index (χ0v) is 5.86. The second-order valence-electron chi connectivity index (χ2n) is 1.94. The summed E-state index contributed by atoms with van der Waals surface area (Å²) in [6.07, 6.45) is 8.31. The first-order valence-corrected chi connectivity index (χ1v) is 3.07. The van der Waals surface area contributed by atoms with E-state index in [2.05, 4.69) is 21.5 Å². The van der Waals surface area contributed by atoms with Crippen molar-refractivity contribution in [1.82, 2.24) is 15.6 Å². The number of nitrogens with two attached hydrogens (primary N) is 1. The molecular formula is C7H8N4. The summed E-state index contributed by atoms with van der Waals surface area (Å²) in [5.74, 6) is 7.64. The fraction of sp³-hybridized carbons (Fsp3) is 0.143. The molecule has 0 fully saturated rings. The average Bonchev–Trinajstić information content (AvgIpc) is 2.09. The Labute approximate surface area is 64.8 Å². The lowest BCUT2D eigenvalue weighted by molar-refractivity contribution is 0.668. The van der Waals surface area contributed by atoms with E-state index in [1.165, 1.54) is 0 Å². The summed E-state index contributed by atoms with van der Waals surface area (Å²) < 4.78 is 0. The lowest BCUT2D eigenvalue weighted by Gasteiger charge is -2.06.